The number of hydrogen-bond donors (Lipinski definition) is 1. The van der Waals surface area contributed by atoms with Gasteiger partial charge >= 0.3 is 0 Å². The standard InChI is InChI=1S/C26H21F2N5O2S2/c1-16-7-12-21(35-16)23-18(15-33(32-23)19-5-3-2-4-6-19)14-29-31-26-30-24(34)22(37-26)13-17-8-10-20(11-9-17)36-25(27)28/h2-12,14-15,22,25H,13H2,1H3,(H,30,31,34). The third kappa shape index (κ3) is 6.17. The van der Waals surface area contributed by atoms with E-state index >= 15 is 0 Å². The van der Waals surface area contributed by atoms with Crippen LogP contribution in [0.25, 0.3) is 17.1 Å². The molecule has 1 saturated heterocycles. The lowest BCUT2D eigenvalue weighted by atomic mass is 10.1. The van der Waals surface area contributed by atoms with Gasteiger partial charge in [-0.25, -0.2) is 4.68 Å². The molecule has 1 fully saturated rings. The van der Waals surface area contributed by atoms with Crippen LogP contribution in [0.1, 0.15) is 16.9 Å². The van der Waals surface area contributed by atoms with Crippen molar-refractivity contribution in [3.05, 3.63) is 89.8 Å². The second-order valence-electron chi connectivity index (χ2n) is 8.10. The number of alkyl halides is 2. The van der Waals surface area contributed by atoms with Crippen LogP contribution in [-0.2, 0) is 11.2 Å². The number of halogens is 2. The predicted molar refractivity (Wildman–Crippen MR) is 143 cm³/mol. The first-order valence-corrected chi connectivity index (χ1v) is 13.0. The Bertz CT molecular complexity index is 1450. The molecule has 2 aromatic heterocycles. The molecule has 0 aliphatic carbocycles. The van der Waals surface area contributed by atoms with Gasteiger partial charge in [0.15, 0.2) is 10.9 Å². The smallest absolute Gasteiger partial charge is 0.288 e. The van der Waals surface area contributed by atoms with Gasteiger partial charge in [-0.3, -0.25) is 4.79 Å². The quantitative estimate of drug-likeness (QED) is 0.171. The minimum Gasteiger partial charge on any atom is -0.460 e. The van der Waals surface area contributed by atoms with Gasteiger partial charge in [-0.15, -0.1) is 5.10 Å². The molecule has 1 aliphatic rings. The normalized spacial score (nSPS) is 16.8. The van der Waals surface area contributed by atoms with Crippen LogP contribution in [0, 0.1) is 6.92 Å². The predicted octanol–water partition coefficient (Wildman–Crippen LogP) is 5.92. The molecule has 3 heterocycles. The Morgan fingerprint density at radius 1 is 1.16 bits per heavy atom. The molecule has 1 aliphatic heterocycles. The number of benzene rings is 2. The highest BCUT2D eigenvalue weighted by Gasteiger charge is 2.30. The molecule has 1 unspecified atom stereocenters. The summed E-state index contributed by atoms with van der Waals surface area (Å²) < 4.78 is 32.6. The van der Waals surface area contributed by atoms with E-state index in [1.165, 1.54) is 11.8 Å². The fraction of sp³-hybridized carbons (Fsp3) is 0.154. The molecule has 4 aromatic rings. The molecule has 1 atom stereocenters. The lowest BCUT2D eigenvalue weighted by Gasteiger charge is -2.06. The van der Waals surface area contributed by atoms with Crippen molar-refractivity contribution in [1.82, 2.24) is 15.1 Å². The fourth-order valence-corrected chi connectivity index (χ4v) is 5.16. The lowest BCUT2D eigenvalue weighted by molar-refractivity contribution is -0.118. The van der Waals surface area contributed by atoms with Gasteiger partial charge in [0, 0.05) is 16.7 Å². The molecule has 1 N–H and O–H groups in total. The van der Waals surface area contributed by atoms with Crippen molar-refractivity contribution in [1.29, 1.82) is 0 Å². The first-order chi connectivity index (χ1) is 17.9. The Kier molecular flexibility index (Phi) is 7.52. The molecule has 11 heteroatoms. The number of nitrogens with zero attached hydrogens (tertiary/aromatic N) is 4. The third-order valence-electron chi connectivity index (χ3n) is 5.43. The zero-order valence-corrected chi connectivity index (χ0v) is 21.2. The zero-order chi connectivity index (χ0) is 25.8. The maximum Gasteiger partial charge on any atom is 0.288 e. The highest BCUT2D eigenvalue weighted by Crippen LogP contribution is 2.28. The van der Waals surface area contributed by atoms with Gasteiger partial charge < -0.3 is 9.73 Å². The summed E-state index contributed by atoms with van der Waals surface area (Å²) >= 11 is 1.77. The van der Waals surface area contributed by atoms with Crippen LogP contribution in [0.15, 0.2) is 92.4 Å². The van der Waals surface area contributed by atoms with Gasteiger partial charge in [0.05, 0.1) is 17.2 Å². The summed E-state index contributed by atoms with van der Waals surface area (Å²) in [4.78, 5) is 12.9. The van der Waals surface area contributed by atoms with Crippen molar-refractivity contribution in [3.8, 4) is 17.1 Å². The summed E-state index contributed by atoms with van der Waals surface area (Å²) in [6.45, 7) is 1.87. The third-order valence-corrected chi connectivity index (χ3v) is 7.22. The number of carbonyl (C=O) groups excluding carboxylic acids is 1. The van der Waals surface area contributed by atoms with Crippen LogP contribution in [0.4, 0.5) is 8.78 Å². The Balaban J connectivity index is 1.30. The summed E-state index contributed by atoms with van der Waals surface area (Å²) in [5.74, 6) is -1.25. The number of amidine groups is 1. The molecule has 188 valence electrons. The molecule has 5 rings (SSSR count). The van der Waals surface area contributed by atoms with Gasteiger partial charge in [0.1, 0.15) is 11.5 Å². The van der Waals surface area contributed by atoms with Crippen LogP contribution in [-0.4, -0.2) is 38.1 Å². The number of carbonyl (C=O) groups is 1. The molecule has 0 spiro atoms. The number of thioether (sulfide) groups is 2. The second kappa shape index (κ2) is 11.1. The van der Waals surface area contributed by atoms with E-state index < -0.39 is 5.76 Å². The number of furan rings is 1. The van der Waals surface area contributed by atoms with Gasteiger partial charge in [0.25, 0.3) is 5.76 Å². The van der Waals surface area contributed by atoms with E-state index in [4.69, 9.17) is 4.42 Å². The van der Waals surface area contributed by atoms with Crippen molar-refractivity contribution in [3.63, 3.8) is 0 Å². The van der Waals surface area contributed by atoms with E-state index in [2.05, 4.69) is 20.6 Å². The number of nitrogens with one attached hydrogen (secondary N) is 1. The molecule has 2 aromatic carbocycles. The number of para-hydroxylation sites is 1. The zero-order valence-electron chi connectivity index (χ0n) is 19.5. The topological polar surface area (TPSA) is 84.8 Å². The Labute approximate surface area is 220 Å². The first kappa shape index (κ1) is 25.0. The fourth-order valence-electron chi connectivity index (χ4n) is 3.70. The largest absolute Gasteiger partial charge is 0.460 e. The molecule has 7 nitrogen and oxygen atoms in total. The molecular formula is C26H21F2N5O2S2. The Morgan fingerprint density at radius 3 is 2.65 bits per heavy atom. The highest BCUT2D eigenvalue weighted by molar-refractivity contribution is 8.15. The van der Waals surface area contributed by atoms with Crippen molar-refractivity contribution < 1.29 is 18.0 Å². The van der Waals surface area contributed by atoms with Gasteiger partial charge in [-0.2, -0.15) is 19.0 Å². The Morgan fingerprint density at radius 2 is 1.95 bits per heavy atom. The van der Waals surface area contributed by atoms with Crippen LogP contribution < -0.4 is 5.32 Å². The number of amides is 1. The highest BCUT2D eigenvalue weighted by atomic mass is 32.2. The molecule has 37 heavy (non-hydrogen) atoms. The summed E-state index contributed by atoms with van der Waals surface area (Å²) in [6.07, 6.45) is 3.86. The van der Waals surface area contributed by atoms with Crippen molar-refractivity contribution >= 4 is 40.8 Å². The number of aryl methyl sites for hydroxylation is 1. The van der Waals surface area contributed by atoms with Crippen molar-refractivity contribution in [2.75, 3.05) is 0 Å². The number of aromatic nitrogens is 2. The van der Waals surface area contributed by atoms with Crippen LogP contribution >= 0.6 is 23.5 Å². The van der Waals surface area contributed by atoms with E-state index in [-0.39, 0.29) is 11.2 Å². The van der Waals surface area contributed by atoms with Crippen LogP contribution in [0.3, 0.4) is 0 Å². The number of rotatable bonds is 8. The maximum absolute atomic E-state index is 12.5. The van der Waals surface area contributed by atoms with E-state index in [0.717, 1.165) is 17.0 Å². The van der Waals surface area contributed by atoms with Crippen LogP contribution in [0.5, 0.6) is 0 Å². The van der Waals surface area contributed by atoms with E-state index in [1.807, 2.05) is 55.6 Å². The number of hydrogen-bond acceptors (Lipinski definition) is 7. The van der Waals surface area contributed by atoms with Crippen LogP contribution in [0.2, 0.25) is 0 Å². The van der Waals surface area contributed by atoms with E-state index in [0.29, 0.717) is 45.3 Å². The summed E-state index contributed by atoms with van der Waals surface area (Å²) in [7, 11) is 0. The first-order valence-electron chi connectivity index (χ1n) is 11.3. The monoisotopic (exact) mass is 537 g/mol. The average molecular weight is 538 g/mol. The second-order valence-corrected chi connectivity index (χ2v) is 10.4. The molecule has 0 saturated carbocycles. The average Bonchev–Trinajstić information content (AvgIpc) is 3.59. The van der Waals surface area contributed by atoms with E-state index in [1.54, 1.807) is 35.2 Å². The van der Waals surface area contributed by atoms with Gasteiger partial charge in [0.2, 0.25) is 5.91 Å². The Hall–Kier alpha value is -3.70. The van der Waals surface area contributed by atoms with Gasteiger partial charge in [-0.05, 0) is 55.3 Å². The lowest BCUT2D eigenvalue weighted by Crippen LogP contribution is -2.25. The summed E-state index contributed by atoms with van der Waals surface area (Å²) in [6, 6.07) is 20.2. The SMILES string of the molecule is Cc1ccc(-c2nn(-c3ccccc3)cc2C=N/N=C2\NC(=O)C(Cc3ccc(SC(F)F)cc3)S2)o1. The van der Waals surface area contributed by atoms with Gasteiger partial charge in [-0.1, -0.05) is 53.9 Å². The summed E-state index contributed by atoms with van der Waals surface area (Å²) in [5, 5.41) is 15.8. The molecule has 0 bridgehead atoms. The molecular weight excluding hydrogens is 516 g/mol. The molecule has 0 radical (unpaired) electrons. The van der Waals surface area contributed by atoms with Crippen molar-refractivity contribution in [2.24, 2.45) is 10.2 Å². The van der Waals surface area contributed by atoms with E-state index in [9.17, 15) is 13.6 Å². The minimum absolute atomic E-state index is 0.173. The van der Waals surface area contributed by atoms with Crippen molar-refractivity contribution in [2.45, 2.75) is 29.2 Å². The minimum atomic E-state index is -2.46. The summed E-state index contributed by atoms with van der Waals surface area (Å²) in [5.41, 5.74) is 3.09. The maximum atomic E-state index is 12.5. The molecule has 1 amide bonds.